The molecule has 118 valence electrons. The highest BCUT2D eigenvalue weighted by Gasteiger charge is 2.45. The Balaban J connectivity index is 2.27. The van der Waals surface area contributed by atoms with E-state index in [-0.39, 0.29) is 24.5 Å². The van der Waals surface area contributed by atoms with E-state index in [4.69, 9.17) is 4.74 Å². The van der Waals surface area contributed by atoms with E-state index >= 15 is 0 Å². The van der Waals surface area contributed by atoms with E-state index < -0.39 is 11.5 Å². The van der Waals surface area contributed by atoms with E-state index in [1.165, 1.54) is 4.90 Å². The number of hydrogen-bond acceptors (Lipinski definition) is 3. The number of hydrogen-bond donors (Lipinski definition) is 0. The standard InChI is InChI=1S/C18H23NO3/c1-5-18(4,11-14-9-7-6-8-10-14)16(20)19-15(13(2)3)12-22-17(19)21/h5-10,13,15H,1,11-12H2,2-4H3/t15-,18?/m1/s1. The van der Waals surface area contributed by atoms with Crippen molar-refractivity contribution in [3.8, 4) is 0 Å². The molecular weight excluding hydrogens is 278 g/mol. The van der Waals surface area contributed by atoms with Gasteiger partial charge in [0.2, 0.25) is 5.91 Å². The van der Waals surface area contributed by atoms with Gasteiger partial charge in [0.25, 0.3) is 0 Å². The molecule has 0 radical (unpaired) electrons. The van der Waals surface area contributed by atoms with E-state index in [0.29, 0.717) is 6.42 Å². The van der Waals surface area contributed by atoms with Crippen molar-refractivity contribution >= 4 is 12.0 Å². The topological polar surface area (TPSA) is 46.6 Å². The van der Waals surface area contributed by atoms with Crippen LogP contribution in [0.15, 0.2) is 43.0 Å². The Morgan fingerprint density at radius 3 is 2.64 bits per heavy atom. The van der Waals surface area contributed by atoms with Crippen molar-refractivity contribution in [2.45, 2.75) is 33.2 Å². The zero-order chi connectivity index (χ0) is 16.3. The Hall–Kier alpha value is -2.10. The molecule has 1 aliphatic heterocycles. The molecule has 1 heterocycles. The predicted octanol–water partition coefficient (Wildman–Crippen LogP) is 3.42. The molecule has 4 nitrogen and oxygen atoms in total. The molecule has 22 heavy (non-hydrogen) atoms. The van der Waals surface area contributed by atoms with E-state index in [1.807, 2.05) is 51.1 Å². The minimum atomic E-state index is -0.835. The van der Waals surface area contributed by atoms with Gasteiger partial charge in [-0.25, -0.2) is 9.69 Å². The van der Waals surface area contributed by atoms with Crippen LogP contribution >= 0.6 is 0 Å². The average Bonchev–Trinajstić information content (AvgIpc) is 2.89. The summed E-state index contributed by atoms with van der Waals surface area (Å²) in [5, 5.41) is 0. The maximum atomic E-state index is 13.0. The Morgan fingerprint density at radius 2 is 2.09 bits per heavy atom. The van der Waals surface area contributed by atoms with Crippen molar-refractivity contribution in [2.75, 3.05) is 6.61 Å². The molecule has 2 amide bonds. The Morgan fingerprint density at radius 1 is 1.45 bits per heavy atom. The van der Waals surface area contributed by atoms with E-state index in [2.05, 4.69) is 6.58 Å². The summed E-state index contributed by atoms with van der Waals surface area (Å²) in [6.07, 6.45) is 1.58. The SMILES string of the molecule is C=CC(C)(Cc1ccccc1)C(=O)N1C(=O)OC[C@@H]1C(C)C. The summed E-state index contributed by atoms with van der Waals surface area (Å²) < 4.78 is 5.08. The van der Waals surface area contributed by atoms with Gasteiger partial charge in [-0.3, -0.25) is 4.79 Å². The van der Waals surface area contributed by atoms with Crippen molar-refractivity contribution in [1.82, 2.24) is 4.90 Å². The predicted molar refractivity (Wildman–Crippen MR) is 85.3 cm³/mol. The van der Waals surface area contributed by atoms with Gasteiger partial charge in [0.1, 0.15) is 6.61 Å². The number of amides is 2. The first-order valence-electron chi connectivity index (χ1n) is 7.57. The highest BCUT2D eigenvalue weighted by atomic mass is 16.6. The fraction of sp³-hybridized carbons (Fsp3) is 0.444. The third kappa shape index (κ3) is 3.06. The summed E-state index contributed by atoms with van der Waals surface area (Å²) in [5.41, 5.74) is 0.199. The third-order valence-electron chi connectivity index (χ3n) is 4.25. The van der Waals surface area contributed by atoms with Gasteiger partial charge in [0.05, 0.1) is 11.5 Å². The number of imide groups is 1. The van der Waals surface area contributed by atoms with Crippen LogP contribution < -0.4 is 0 Å². The summed E-state index contributed by atoms with van der Waals surface area (Å²) >= 11 is 0. The molecule has 1 fully saturated rings. The monoisotopic (exact) mass is 301 g/mol. The second-order valence-corrected chi connectivity index (χ2v) is 6.35. The van der Waals surface area contributed by atoms with Crippen molar-refractivity contribution in [1.29, 1.82) is 0 Å². The summed E-state index contributed by atoms with van der Waals surface area (Å²) in [6.45, 7) is 9.86. The highest BCUT2D eigenvalue weighted by Crippen LogP contribution is 2.31. The van der Waals surface area contributed by atoms with Crippen LogP contribution in [0.4, 0.5) is 4.79 Å². The fourth-order valence-corrected chi connectivity index (χ4v) is 2.69. The number of rotatable bonds is 5. The van der Waals surface area contributed by atoms with Gasteiger partial charge < -0.3 is 4.74 Å². The van der Waals surface area contributed by atoms with Crippen molar-refractivity contribution in [3.63, 3.8) is 0 Å². The number of ether oxygens (including phenoxy) is 1. The molecule has 0 aromatic heterocycles. The van der Waals surface area contributed by atoms with Gasteiger partial charge in [-0.15, -0.1) is 6.58 Å². The number of nitrogens with zero attached hydrogens (tertiary/aromatic N) is 1. The second-order valence-electron chi connectivity index (χ2n) is 6.35. The molecule has 1 unspecified atom stereocenters. The maximum Gasteiger partial charge on any atom is 0.417 e. The number of carbonyl (C=O) groups excluding carboxylic acids is 2. The Bertz CT molecular complexity index is 567. The van der Waals surface area contributed by atoms with Crippen LogP contribution in [-0.4, -0.2) is 29.5 Å². The average molecular weight is 301 g/mol. The first-order chi connectivity index (χ1) is 10.4. The number of carbonyl (C=O) groups is 2. The minimum absolute atomic E-state index is 0.154. The Kier molecular flexibility index (Phi) is 4.69. The van der Waals surface area contributed by atoms with Crippen LogP contribution in [0.5, 0.6) is 0 Å². The highest BCUT2D eigenvalue weighted by molar-refractivity contribution is 5.97. The zero-order valence-electron chi connectivity index (χ0n) is 13.4. The number of benzene rings is 1. The van der Waals surface area contributed by atoms with Crippen LogP contribution in [0.2, 0.25) is 0 Å². The lowest BCUT2D eigenvalue weighted by atomic mass is 9.81. The lowest BCUT2D eigenvalue weighted by molar-refractivity contribution is -0.137. The van der Waals surface area contributed by atoms with Crippen LogP contribution in [0.1, 0.15) is 26.3 Å². The molecule has 0 aliphatic carbocycles. The van der Waals surface area contributed by atoms with Gasteiger partial charge in [-0.2, -0.15) is 0 Å². The molecule has 1 saturated heterocycles. The number of cyclic esters (lactones) is 1. The summed E-state index contributed by atoms with van der Waals surface area (Å²) in [7, 11) is 0. The molecular formula is C18H23NO3. The largest absolute Gasteiger partial charge is 0.447 e. The van der Waals surface area contributed by atoms with Crippen molar-refractivity contribution < 1.29 is 14.3 Å². The molecule has 4 heteroatoms. The zero-order valence-corrected chi connectivity index (χ0v) is 13.4. The molecule has 2 atom stereocenters. The van der Waals surface area contributed by atoms with E-state index in [1.54, 1.807) is 6.08 Å². The molecule has 0 saturated carbocycles. The molecule has 0 N–H and O–H groups in total. The fourth-order valence-electron chi connectivity index (χ4n) is 2.69. The normalized spacial score (nSPS) is 20.6. The van der Waals surface area contributed by atoms with Gasteiger partial charge in [0.15, 0.2) is 0 Å². The molecule has 2 rings (SSSR count). The van der Waals surface area contributed by atoms with Gasteiger partial charge in [0, 0.05) is 0 Å². The first-order valence-corrected chi connectivity index (χ1v) is 7.57. The van der Waals surface area contributed by atoms with E-state index in [0.717, 1.165) is 5.56 Å². The second kappa shape index (κ2) is 6.34. The van der Waals surface area contributed by atoms with E-state index in [9.17, 15) is 9.59 Å². The molecule has 1 aliphatic rings. The summed E-state index contributed by atoms with van der Waals surface area (Å²) in [5.74, 6) is -0.0891. The quantitative estimate of drug-likeness (QED) is 0.783. The minimum Gasteiger partial charge on any atom is -0.447 e. The van der Waals surface area contributed by atoms with Crippen LogP contribution in [0, 0.1) is 11.3 Å². The lowest BCUT2D eigenvalue weighted by Crippen LogP contribution is -2.48. The summed E-state index contributed by atoms with van der Waals surface area (Å²) in [6, 6.07) is 9.53. The molecule has 0 spiro atoms. The molecule has 1 aromatic rings. The van der Waals surface area contributed by atoms with Gasteiger partial charge >= 0.3 is 6.09 Å². The van der Waals surface area contributed by atoms with Crippen LogP contribution in [0.25, 0.3) is 0 Å². The van der Waals surface area contributed by atoms with Crippen molar-refractivity contribution in [2.24, 2.45) is 11.3 Å². The van der Waals surface area contributed by atoms with Crippen LogP contribution in [0.3, 0.4) is 0 Å². The summed E-state index contributed by atoms with van der Waals surface area (Å²) in [4.78, 5) is 26.2. The lowest BCUT2D eigenvalue weighted by Gasteiger charge is -2.31. The smallest absolute Gasteiger partial charge is 0.417 e. The first kappa shape index (κ1) is 16.3. The third-order valence-corrected chi connectivity index (χ3v) is 4.25. The Labute approximate surface area is 131 Å². The maximum absolute atomic E-state index is 13.0. The van der Waals surface area contributed by atoms with Crippen LogP contribution in [-0.2, 0) is 16.0 Å². The van der Waals surface area contributed by atoms with Gasteiger partial charge in [-0.05, 0) is 24.8 Å². The molecule has 0 bridgehead atoms. The molecule has 1 aromatic carbocycles. The van der Waals surface area contributed by atoms with Gasteiger partial charge in [-0.1, -0.05) is 50.3 Å². The van der Waals surface area contributed by atoms with Crippen molar-refractivity contribution in [3.05, 3.63) is 48.6 Å².